The quantitative estimate of drug-likeness (QED) is 0.740. The number of amides is 1. The van der Waals surface area contributed by atoms with Gasteiger partial charge in [0.1, 0.15) is 6.04 Å². The topological polar surface area (TPSA) is 67.6 Å². The third kappa shape index (κ3) is 6.75. The van der Waals surface area contributed by atoms with Crippen molar-refractivity contribution in [2.45, 2.75) is 24.9 Å². The smallest absolute Gasteiger partial charge is 0.239 e. The number of nitrogens with one attached hydrogen (secondary N) is 1. The summed E-state index contributed by atoms with van der Waals surface area (Å²) in [6.45, 7) is 2.82. The van der Waals surface area contributed by atoms with Crippen molar-refractivity contribution in [3.63, 3.8) is 0 Å². The number of nitrogens with zero attached hydrogens (tertiary/aromatic N) is 1. The third-order valence-electron chi connectivity index (χ3n) is 3.97. The maximum atomic E-state index is 12.0. The fourth-order valence-corrected chi connectivity index (χ4v) is 3.01. The van der Waals surface area contributed by atoms with Crippen LogP contribution in [0.4, 0.5) is 0 Å². The molecule has 1 fully saturated rings. The highest BCUT2D eigenvalue weighted by Crippen LogP contribution is 2.26. The Morgan fingerprint density at radius 1 is 1.38 bits per heavy atom. The average Bonchev–Trinajstić information content (AvgIpc) is 3.01. The zero-order chi connectivity index (χ0) is 15.9. The highest BCUT2D eigenvalue weighted by molar-refractivity contribution is 6.30. The summed E-state index contributed by atoms with van der Waals surface area (Å²) < 4.78 is 4.92. The molecular weight excluding hydrogens is 373 g/mol. The van der Waals surface area contributed by atoms with Crippen LogP contribution in [0.5, 0.6) is 0 Å². The van der Waals surface area contributed by atoms with Gasteiger partial charge in [0, 0.05) is 18.7 Å². The Hall–Kier alpha value is -0.560. The Labute approximate surface area is 161 Å². The van der Waals surface area contributed by atoms with Crippen LogP contribution in [-0.4, -0.2) is 50.2 Å². The van der Waals surface area contributed by atoms with Gasteiger partial charge in [0.2, 0.25) is 5.91 Å². The molecule has 2 atom stereocenters. The lowest BCUT2D eigenvalue weighted by molar-refractivity contribution is -0.123. The lowest BCUT2D eigenvalue weighted by Crippen LogP contribution is -2.46. The predicted molar refractivity (Wildman–Crippen MR) is 102 cm³/mol. The number of likely N-dealkylation sites (tertiary alicyclic amines) is 1. The van der Waals surface area contributed by atoms with Gasteiger partial charge in [0.25, 0.3) is 0 Å². The summed E-state index contributed by atoms with van der Waals surface area (Å²) in [7, 11) is 1.53. The van der Waals surface area contributed by atoms with Crippen molar-refractivity contribution in [2.75, 3.05) is 33.4 Å². The summed E-state index contributed by atoms with van der Waals surface area (Å²) >= 11 is 6.11. The van der Waals surface area contributed by atoms with Crippen molar-refractivity contribution >= 4 is 42.3 Å². The van der Waals surface area contributed by atoms with Crippen LogP contribution in [0, 0.1) is 0 Å². The molecule has 2 rings (SSSR count). The van der Waals surface area contributed by atoms with E-state index in [9.17, 15) is 4.79 Å². The largest absolute Gasteiger partial charge is 0.383 e. The van der Waals surface area contributed by atoms with Crippen molar-refractivity contribution in [1.82, 2.24) is 10.2 Å². The van der Waals surface area contributed by atoms with Crippen molar-refractivity contribution < 1.29 is 9.53 Å². The number of benzene rings is 1. The van der Waals surface area contributed by atoms with Gasteiger partial charge in [-0.15, -0.1) is 24.8 Å². The van der Waals surface area contributed by atoms with E-state index in [0.717, 1.165) is 18.7 Å². The zero-order valence-electron chi connectivity index (χ0n) is 13.7. The van der Waals surface area contributed by atoms with Gasteiger partial charge in [-0.2, -0.15) is 0 Å². The van der Waals surface area contributed by atoms with Gasteiger partial charge >= 0.3 is 0 Å². The van der Waals surface area contributed by atoms with Crippen LogP contribution < -0.4 is 11.1 Å². The molecule has 0 saturated carbocycles. The maximum absolute atomic E-state index is 12.0. The van der Waals surface area contributed by atoms with E-state index in [4.69, 9.17) is 22.1 Å². The Bertz CT molecular complexity index is 499. The lowest BCUT2D eigenvalue weighted by atomic mass is 10.1. The SMILES string of the molecule is COCC(N)C(=O)NCC(c1cccc(Cl)c1)N1CCCC1.Cl.Cl. The van der Waals surface area contributed by atoms with E-state index in [1.807, 2.05) is 18.2 Å². The number of halogens is 3. The number of rotatable bonds is 7. The highest BCUT2D eigenvalue weighted by Gasteiger charge is 2.25. The molecule has 3 N–H and O–H groups in total. The van der Waals surface area contributed by atoms with Crippen molar-refractivity contribution in [3.8, 4) is 0 Å². The monoisotopic (exact) mass is 397 g/mol. The summed E-state index contributed by atoms with van der Waals surface area (Å²) in [5.41, 5.74) is 6.88. The molecule has 1 aliphatic heterocycles. The standard InChI is InChI=1S/C16H24ClN3O2.2ClH/c1-22-11-14(18)16(21)19-10-15(20-7-2-3-8-20)12-5-4-6-13(17)9-12;;/h4-6,9,14-15H,2-3,7-8,10-11,18H2,1H3,(H,19,21);2*1H. The third-order valence-corrected chi connectivity index (χ3v) is 4.20. The molecule has 0 bridgehead atoms. The van der Waals surface area contributed by atoms with E-state index in [1.54, 1.807) is 0 Å². The number of ether oxygens (including phenoxy) is 1. The van der Waals surface area contributed by atoms with E-state index in [0.29, 0.717) is 11.6 Å². The molecule has 138 valence electrons. The molecule has 1 aliphatic rings. The minimum absolute atomic E-state index is 0. The Morgan fingerprint density at radius 3 is 2.62 bits per heavy atom. The van der Waals surface area contributed by atoms with Crippen LogP contribution >= 0.6 is 36.4 Å². The van der Waals surface area contributed by atoms with E-state index >= 15 is 0 Å². The molecule has 0 radical (unpaired) electrons. The Kier molecular flexibility index (Phi) is 11.6. The van der Waals surface area contributed by atoms with Crippen LogP contribution in [0.15, 0.2) is 24.3 Å². The molecule has 1 aromatic rings. The fourth-order valence-electron chi connectivity index (χ4n) is 2.81. The number of nitrogens with two attached hydrogens (primary N) is 1. The fraction of sp³-hybridized carbons (Fsp3) is 0.562. The normalized spacial score (nSPS) is 16.6. The van der Waals surface area contributed by atoms with Crippen LogP contribution in [-0.2, 0) is 9.53 Å². The van der Waals surface area contributed by atoms with Crippen molar-refractivity contribution in [3.05, 3.63) is 34.9 Å². The second-order valence-electron chi connectivity index (χ2n) is 5.62. The van der Waals surface area contributed by atoms with Gasteiger partial charge in [0.15, 0.2) is 0 Å². The van der Waals surface area contributed by atoms with Crippen molar-refractivity contribution in [1.29, 1.82) is 0 Å². The van der Waals surface area contributed by atoms with Gasteiger partial charge in [-0.25, -0.2) is 0 Å². The molecule has 1 heterocycles. The van der Waals surface area contributed by atoms with Gasteiger partial charge in [-0.3, -0.25) is 9.69 Å². The highest BCUT2D eigenvalue weighted by atomic mass is 35.5. The molecule has 1 saturated heterocycles. The molecule has 0 spiro atoms. The molecule has 0 aliphatic carbocycles. The molecule has 1 aromatic carbocycles. The zero-order valence-corrected chi connectivity index (χ0v) is 16.1. The van der Waals surface area contributed by atoms with Gasteiger partial charge in [-0.1, -0.05) is 23.7 Å². The molecule has 8 heteroatoms. The number of methoxy groups -OCH3 is 1. The first-order valence-corrected chi connectivity index (χ1v) is 8.01. The molecule has 1 amide bonds. The maximum Gasteiger partial charge on any atom is 0.239 e. The van der Waals surface area contributed by atoms with Gasteiger partial charge in [0.05, 0.1) is 12.6 Å². The number of hydrogen-bond donors (Lipinski definition) is 2. The van der Waals surface area contributed by atoms with E-state index in [1.165, 1.54) is 20.0 Å². The summed E-state index contributed by atoms with van der Waals surface area (Å²) in [5, 5.41) is 3.65. The molecule has 5 nitrogen and oxygen atoms in total. The summed E-state index contributed by atoms with van der Waals surface area (Å²) in [6, 6.07) is 7.31. The van der Waals surface area contributed by atoms with E-state index < -0.39 is 6.04 Å². The first-order chi connectivity index (χ1) is 10.6. The van der Waals surface area contributed by atoms with Gasteiger partial charge < -0.3 is 15.8 Å². The summed E-state index contributed by atoms with van der Waals surface area (Å²) in [4.78, 5) is 14.4. The summed E-state index contributed by atoms with van der Waals surface area (Å²) in [5.74, 6) is -0.187. The van der Waals surface area contributed by atoms with E-state index in [2.05, 4.69) is 16.3 Å². The number of carbonyl (C=O) groups excluding carboxylic acids is 1. The average molecular weight is 399 g/mol. The molecule has 24 heavy (non-hydrogen) atoms. The number of hydrogen-bond acceptors (Lipinski definition) is 4. The number of carbonyl (C=O) groups is 1. The second-order valence-corrected chi connectivity index (χ2v) is 6.06. The lowest BCUT2D eigenvalue weighted by Gasteiger charge is -2.28. The predicted octanol–water partition coefficient (Wildman–Crippen LogP) is 2.41. The first kappa shape index (κ1) is 23.4. The van der Waals surface area contributed by atoms with Crippen LogP contribution in [0.25, 0.3) is 0 Å². The van der Waals surface area contributed by atoms with Crippen LogP contribution in [0.2, 0.25) is 5.02 Å². The van der Waals surface area contributed by atoms with Crippen molar-refractivity contribution in [2.24, 2.45) is 5.73 Å². The molecule has 2 unspecified atom stereocenters. The molecular formula is C16H26Cl3N3O2. The second kappa shape index (κ2) is 11.9. The minimum atomic E-state index is -0.636. The van der Waals surface area contributed by atoms with Crippen LogP contribution in [0.3, 0.4) is 0 Å². The van der Waals surface area contributed by atoms with E-state index in [-0.39, 0.29) is 43.4 Å². The van der Waals surface area contributed by atoms with Gasteiger partial charge in [-0.05, 0) is 43.6 Å². The van der Waals surface area contributed by atoms with Crippen LogP contribution in [0.1, 0.15) is 24.4 Å². The Balaban J connectivity index is 0.00000264. The first-order valence-electron chi connectivity index (χ1n) is 7.63. The summed E-state index contributed by atoms with van der Waals surface area (Å²) in [6.07, 6.45) is 2.38. The Morgan fingerprint density at radius 2 is 2.04 bits per heavy atom. The minimum Gasteiger partial charge on any atom is -0.383 e. The molecule has 0 aromatic heterocycles.